The van der Waals surface area contributed by atoms with Crippen molar-refractivity contribution in [3.8, 4) is 0 Å². The first-order valence-electron chi connectivity index (χ1n) is 2.92. The average Bonchev–Trinajstić information content (AvgIpc) is 2.29. The predicted octanol–water partition coefficient (Wildman–Crippen LogP) is 0.785. The number of ether oxygens (including phenoxy) is 2. The Hall–Kier alpha value is -0.690. The van der Waals surface area contributed by atoms with Gasteiger partial charge in [0.15, 0.2) is 6.29 Å². The molecule has 3 atom stereocenters. The van der Waals surface area contributed by atoms with Crippen LogP contribution in [0.15, 0.2) is 0 Å². The molecule has 0 aromatic rings. The largest absolute Gasteiger partial charge is 0.420 e. The monoisotopic (exact) mass is 188 g/mol. The van der Waals surface area contributed by atoms with Crippen LogP contribution in [0.3, 0.4) is 0 Å². The summed E-state index contributed by atoms with van der Waals surface area (Å²) >= 11 is 0. The van der Waals surface area contributed by atoms with Gasteiger partial charge >= 0.3 is 6.18 Å². The number of hydrogen-bond donors (Lipinski definition) is 0. The highest BCUT2D eigenvalue weighted by Gasteiger charge is 2.53. The summed E-state index contributed by atoms with van der Waals surface area (Å²) in [7, 11) is 0. The van der Waals surface area contributed by atoms with Gasteiger partial charge in [-0.3, -0.25) is 4.79 Å². The molecule has 0 radical (unpaired) electrons. The lowest BCUT2D eigenvalue weighted by Crippen LogP contribution is -2.35. The fraction of sp³-hybridized carbons (Fsp3) is 0.800. The molecule has 1 heterocycles. The van der Waals surface area contributed by atoms with Crippen molar-refractivity contribution >= 4 is 6.29 Å². The highest BCUT2D eigenvalue weighted by Crippen LogP contribution is 2.32. The molecule has 0 N–H and O–H groups in total. The molecule has 1 saturated heterocycles. The molecule has 1 rings (SSSR count). The molecule has 0 bridgehead atoms. The van der Waals surface area contributed by atoms with Gasteiger partial charge in [-0.1, -0.05) is 0 Å². The maximum Gasteiger partial charge on any atom is 0.420 e. The zero-order valence-corrected chi connectivity index (χ0v) is 5.55. The summed E-state index contributed by atoms with van der Waals surface area (Å²) in [5.41, 5.74) is 0. The number of carbonyl (C=O) groups is 1. The van der Waals surface area contributed by atoms with Crippen molar-refractivity contribution in [1.82, 2.24) is 0 Å². The van der Waals surface area contributed by atoms with Gasteiger partial charge in [0.2, 0.25) is 18.8 Å². The second-order valence-electron chi connectivity index (χ2n) is 2.09. The van der Waals surface area contributed by atoms with Gasteiger partial charge in [-0.25, -0.2) is 4.39 Å². The Balaban J connectivity index is 2.63. The van der Waals surface area contributed by atoms with Gasteiger partial charge in [-0.2, -0.15) is 13.2 Å². The minimum absolute atomic E-state index is 0.0433. The first-order valence-corrected chi connectivity index (χ1v) is 2.92. The van der Waals surface area contributed by atoms with Crippen LogP contribution in [-0.2, 0) is 14.3 Å². The SMILES string of the molecule is O=CC1OC(F)C(C(F)(F)F)O1. The second kappa shape index (κ2) is 2.98. The molecule has 1 aliphatic heterocycles. The van der Waals surface area contributed by atoms with Crippen LogP contribution in [0.5, 0.6) is 0 Å². The first-order chi connectivity index (χ1) is 5.45. The van der Waals surface area contributed by atoms with Crippen LogP contribution in [0, 0.1) is 0 Å². The zero-order chi connectivity index (χ0) is 9.35. The van der Waals surface area contributed by atoms with Crippen LogP contribution < -0.4 is 0 Å². The fourth-order valence-electron chi connectivity index (χ4n) is 0.728. The summed E-state index contributed by atoms with van der Waals surface area (Å²) < 4.78 is 55.3. The Kier molecular flexibility index (Phi) is 2.34. The van der Waals surface area contributed by atoms with E-state index in [-0.39, 0.29) is 6.29 Å². The topological polar surface area (TPSA) is 35.5 Å². The molecule has 70 valence electrons. The molecule has 0 amide bonds. The van der Waals surface area contributed by atoms with Crippen molar-refractivity contribution in [3.63, 3.8) is 0 Å². The molecule has 3 unspecified atom stereocenters. The van der Waals surface area contributed by atoms with Crippen LogP contribution in [0.25, 0.3) is 0 Å². The van der Waals surface area contributed by atoms with E-state index in [4.69, 9.17) is 0 Å². The van der Waals surface area contributed by atoms with Crippen LogP contribution in [0.2, 0.25) is 0 Å². The molecular formula is C5H4F4O3. The Labute approximate surface area is 64.2 Å². The van der Waals surface area contributed by atoms with E-state index >= 15 is 0 Å². The van der Waals surface area contributed by atoms with Gasteiger partial charge in [0, 0.05) is 0 Å². The van der Waals surface area contributed by atoms with E-state index < -0.39 is 24.9 Å². The number of rotatable bonds is 1. The third-order valence-corrected chi connectivity index (χ3v) is 1.22. The smallest absolute Gasteiger partial charge is 0.327 e. The van der Waals surface area contributed by atoms with Gasteiger partial charge in [0.25, 0.3) is 0 Å². The van der Waals surface area contributed by atoms with Gasteiger partial charge < -0.3 is 9.47 Å². The van der Waals surface area contributed by atoms with Crippen LogP contribution in [0.4, 0.5) is 17.6 Å². The van der Waals surface area contributed by atoms with Crippen molar-refractivity contribution in [2.45, 2.75) is 24.9 Å². The van der Waals surface area contributed by atoms with Crippen molar-refractivity contribution in [1.29, 1.82) is 0 Å². The van der Waals surface area contributed by atoms with E-state index in [2.05, 4.69) is 9.47 Å². The van der Waals surface area contributed by atoms with E-state index in [1.54, 1.807) is 0 Å². The van der Waals surface area contributed by atoms with Crippen LogP contribution >= 0.6 is 0 Å². The summed E-state index contributed by atoms with van der Waals surface area (Å²) in [6.07, 6.45) is -11.9. The quantitative estimate of drug-likeness (QED) is 0.450. The molecule has 12 heavy (non-hydrogen) atoms. The number of hydrogen-bond acceptors (Lipinski definition) is 3. The Morgan fingerprint density at radius 2 is 1.83 bits per heavy atom. The number of aldehydes is 1. The maximum absolute atomic E-state index is 12.3. The van der Waals surface area contributed by atoms with E-state index in [0.29, 0.717) is 0 Å². The van der Waals surface area contributed by atoms with Gasteiger partial charge in [-0.15, -0.1) is 0 Å². The normalized spacial score (nSPS) is 36.8. The lowest BCUT2D eigenvalue weighted by Gasteiger charge is -2.13. The number of halogens is 4. The molecule has 0 aliphatic carbocycles. The van der Waals surface area contributed by atoms with E-state index in [9.17, 15) is 22.4 Å². The third-order valence-electron chi connectivity index (χ3n) is 1.22. The van der Waals surface area contributed by atoms with Gasteiger partial charge in [-0.05, 0) is 0 Å². The van der Waals surface area contributed by atoms with E-state index in [0.717, 1.165) is 0 Å². The molecule has 0 aromatic carbocycles. The molecule has 7 heteroatoms. The number of carbonyl (C=O) groups excluding carboxylic acids is 1. The summed E-state index contributed by atoms with van der Waals surface area (Å²) in [5, 5.41) is 0. The molecular weight excluding hydrogens is 184 g/mol. The lowest BCUT2D eigenvalue weighted by atomic mass is 10.3. The number of alkyl halides is 4. The Morgan fingerprint density at radius 3 is 2.08 bits per heavy atom. The molecule has 0 aromatic heterocycles. The summed E-state index contributed by atoms with van der Waals surface area (Å²) in [5.74, 6) is 0. The van der Waals surface area contributed by atoms with Crippen molar-refractivity contribution < 1.29 is 31.8 Å². The Bertz CT molecular complexity index is 180. The fourth-order valence-corrected chi connectivity index (χ4v) is 0.728. The summed E-state index contributed by atoms with van der Waals surface area (Å²) in [6, 6.07) is 0. The standard InChI is InChI=1S/C5H4F4O3/c6-4-3(5(7,8)9)11-2(1-10)12-4/h1-4H. The second-order valence-corrected chi connectivity index (χ2v) is 2.09. The summed E-state index contributed by atoms with van der Waals surface area (Å²) in [6.45, 7) is 0. The first kappa shape index (κ1) is 9.40. The molecule has 0 spiro atoms. The van der Waals surface area contributed by atoms with Crippen molar-refractivity contribution in [2.75, 3.05) is 0 Å². The zero-order valence-electron chi connectivity index (χ0n) is 5.55. The molecule has 1 fully saturated rings. The van der Waals surface area contributed by atoms with E-state index in [1.165, 1.54) is 0 Å². The lowest BCUT2D eigenvalue weighted by molar-refractivity contribution is -0.223. The third kappa shape index (κ3) is 1.72. The molecule has 3 nitrogen and oxygen atoms in total. The minimum atomic E-state index is -4.85. The molecule has 0 saturated carbocycles. The van der Waals surface area contributed by atoms with Crippen LogP contribution in [0.1, 0.15) is 0 Å². The van der Waals surface area contributed by atoms with Crippen LogP contribution in [-0.4, -0.2) is 31.2 Å². The maximum atomic E-state index is 12.3. The Morgan fingerprint density at radius 1 is 1.25 bits per heavy atom. The van der Waals surface area contributed by atoms with Gasteiger partial charge in [0.1, 0.15) is 0 Å². The summed E-state index contributed by atoms with van der Waals surface area (Å²) in [4.78, 5) is 9.84. The predicted molar refractivity (Wildman–Crippen MR) is 26.8 cm³/mol. The highest BCUT2D eigenvalue weighted by molar-refractivity contribution is 5.54. The highest BCUT2D eigenvalue weighted by atomic mass is 19.4. The van der Waals surface area contributed by atoms with E-state index in [1.807, 2.05) is 0 Å². The molecule has 1 aliphatic rings. The van der Waals surface area contributed by atoms with Crippen molar-refractivity contribution in [3.05, 3.63) is 0 Å². The van der Waals surface area contributed by atoms with Crippen molar-refractivity contribution in [2.24, 2.45) is 0 Å². The average molecular weight is 188 g/mol. The minimum Gasteiger partial charge on any atom is -0.327 e. The van der Waals surface area contributed by atoms with Gasteiger partial charge in [0.05, 0.1) is 0 Å².